The Labute approximate surface area is 103 Å². The van der Waals surface area contributed by atoms with Gasteiger partial charge in [0.1, 0.15) is 0 Å². The predicted octanol–water partition coefficient (Wildman–Crippen LogP) is 3.68. The minimum absolute atomic E-state index is 0.127. The van der Waals surface area contributed by atoms with Crippen LogP contribution in [-0.4, -0.2) is 11.1 Å². The van der Waals surface area contributed by atoms with E-state index < -0.39 is 5.97 Å². The number of hydrogen-bond donors (Lipinski definition) is 1. The summed E-state index contributed by atoms with van der Waals surface area (Å²) in [4.78, 5) is 11.1. The van der Waals surface area contributed by atoms with Crippen LogP contribution in [0.4, 0.5) is 0 Å². The molecule has 0 unspecified atom stereocenters. The average Bonchev–Trinajstić information content (AvgIpc) is 2.24. The second-order valence-electron chi connectivity index (χ2n) is 5.32. The van der Waals surface area contributed by atoms with E-state index in [0.717, 1.165) is 11.1 Å². The molecule has 0 saturated carbocycles. The lowest BCUT2D eigenvalue weighted by Crippen LogP contribution is -2.17. The first-order chi connectivity index (χ1) is 7.82. The molecule has 0 fully saturated rings. The van der Waals surface area contributed by atoms with Crippen molar-refractivity contribution in [3.8, 4) is 0 Å². The van der Waals surface area contributed by atoms with Gasteiger partial charge < -0.3 is 5.11 Å². The molecule has 92 valence electrons. The molecule has 1 rings (SSSR count). The standard InChI is InChI=1S/C15H20O2/c1-11(14(16)17)13(15(2,3)4)10-12-8-6-5-7-9-12/h5-9H,10H2,1-4H3,(H,16,17). The zero-order chi connectivity index (χ0) is 13.1. The molecule has 2 heteroatoms. The third-order valence-electron chi connectivity index (χ3n) is 2.90. The third-order valence-corrected chi connectivity index (χ3v) is 2.90. The first-order valence-electron chi connectivity index (χ1n) is 5.80. The van der Waals surface area contributed by atoms with Gasteiger partial charge in [-0.3, -0.25) is 0 Å². The van der Waals surface area contributed by atoms with E-state index in [1.165, 1.54) is 0 Å². The lowest BCUT2D eigenvalue weighted by atomic mass is 9.80. The highest BCUT2D eigenvalue weighted by Gasteiger charge is 2.22. The number of carbonyl (C=O) groups is 1. The zero-order valence-electron chi connectivity index (χ0n) is 10.9. The molecule has 0 aromatic heterocycles. The van der Waals surface area contributed by atoms with Gasteiger partial charge in [-0.1, -0.05) is 56.7 Å². The summed E-state index contributed by atoms with van der Waals surface area (Å²) in [6.45, 7) is 7.85. The fourth-order valence-electron chi connectivity index (χ4n) is 1.89. The van der Waals surface area contributed by atoms with Gasteiger partial charge in [0.05, 0.1) is 0 Å². The number of rotatable bonds is 3. The van der Waals surface area contributed by atoms with Gasteiger partial charge in [-0.2, -0.15) is 0 Å². The van der Waals surface area contributed by atoms with Crippen LogP contribution in [0.1, 0.15) is 33.3 Å². The monoisotopic (exact) mass is 232 g/mol. The van der Waals surface area contributed by atoms with Gasteiger partial charge in [0, 0.05) is 5.57 Å². The van der Waals surface area contributed by atoms with E-state index in [2.05, 4.69) is 20.8 Å². The highest BCUT2D eigenvalue weighted by atomic mass is 16.4. The van der Waals surface area contributed by atoms with E-state index >= 15 is 0 Å². The minimum atomic E-state index is -0.828. The van der Waals surface area contributed by atoms with Crippen molar-refractivity contribution >= 4 is 5.97 Å². The minimum Gasteiger partial charge on any atom is -0.478 e. The van der Waals surface area contributed by atoms with E-state index in [-0.39, 0.29) is 5.41 Å². The van der Waals surface area contributed by atoms with Gasteiger partial charge in [-0.25, -0.2) is 4.79 Å². The number of allylic oxidation sites excluding steroid dienone is 1. The number of carboxylic acid groups (broad SMARTS) is 1. The van der Waals surface area contributed by atoms with Crippen LogP contribution in [0, 0.1) is 5.41 Å². The van der Waals surface area contributed by atoms with Gasteiger partial charge in [-0.05, 0) is 24.3 Å². The Morgan fingerprint density at radius 1 is 1.18 bits per heavy atom. The molecule has 0 saturated heterocycles. The molecule has 0 aliphatic rings. The molecule has 0 atom stereocenters. The Kier molecular flexibility index (Phi) is 4.11. The summed E-state index contributed by atoms with van der Waals surface area (Å²) in [5, 5.41) is 9.14. The average molecular weight is 232 g/mol. The maximum absolute atomic E-state index is 11.1. The van der Waals surface area contributed by atoms with Crippen molar-refractivity contribution < 1.29 is 9.90 Å². The molecular weight excluding hydrogens is 212 g/mol. The first kappa shape index (κ1) is 13.5. The largest absolute Gasteiger partial charge is 0.478 e. The van der Waals surface area contributed by atoms with Crippen LogP contribution in [0.5, 0.6) is 0 Å². The molecule has 0 amide bonds. The first-order valence-corrected chi connectivity index (χ1v) is 5.80. The molecule has 0 aliphatic carbocycles. The molecule has 17 heavy (non-hydrogen) atoms. The SMILES string of the molecule is CC(C(=O)O)=C(Cc1ccccc1)C(C)(C)C. The Balaban J connectivity index is 3.11. The lowest BCUT2D eigenvalue weighted by Gasteiger charge is -2.25. The summed E-state index contributed by atoms with van der Waals surface area (Å²) >= 11 is 0. The Bertz CT molecular complexity index is 422. The van der Waals surface area contributed by atoms with Crippen LogP contribution in [0.2, 0.25) is 0 Å². The molecule has 1 N–H and O–H groups in total. The smallest absolute Gasteiger partial charge is 0.331 e. The number of aliphatic carboxylic acids is 1. The van der Waals surface area contributed by atoms with Crippen LogP contribution in [-0.2, 0) is 11.2 Å². The topological polar surface area (TPSA) is 37.3 Å². The van der Waals surface area contributed by atoms with Crippen LogP contribution < -0.4 is 0 Å². The maximum atomic E-state index is 11.1. The highest BCUT2D eigenvalue weighted by Crippen LogP contribution is 2.31. The van der Waals surface area contributed by atoms with Crippen LogP contribution in [0.25, 0.3) is 0 Å². The normalized spacial score (nSPS) is 13.2. The van der Waals surface area contributed by atoms with E-state index in [1.54, 1.807) is 6.92 Å². The van der Waals surface area contributed by atoms with Gasteiger partial charge in [-0.15, -0.1) is 0 Å². The number of carboxylic acids is 1. The fraction of sp³-hybridized carbons (Fsp3) is 0.400. The van der Waals surface area contributed by atoms with Gasteiger partial charge in [0.25, 0.3) is 0 Å². The molecule has 0 heterocycles. The second kappa shape index (κ2) is 5.17. The van der Waals surface area contributed by atoms with Crippen molar-refractivity contribution in [3.05, 3.63) is 47.0 Å². The van der Waals surface area contributed by atoms with Gasteiger partial charge in [0.15, 0.2) is 0 Å². The summed E-state index contributed by atoms with van der Waals surface area (Å²) in [5.74, 6) is -0.828. The van der Waals surface area contributed by atoms with Crippen molar-refractivity contribution in [2.24, 2.45) is 5.41 Å². The van der Waals surface area contributed by atoms with Crippen LogP contribution >= 0.6 is 0 Å². The summed E-state index contributed by atoms with van der Waals surface area (Å²) in [7, 11) is 0. The van der Waals surface area contributed by atoms with Crippen molar-refractivity contribution in [3.63, 3.8) is 0 Å². The molecule has 2 nitrogen and oxygen atoms in total. The molecule has 1 aromatic carbocycles. The summed E-state index contributed by atoms with van der Waals surface area (Å²) in [6.07, 6.45) is 0.697. The van der Waals surface area contributed by atoms with E-state index in [9.17, 15) is 4.79 Å². The Hall–Kier alpha value is -1.57. The molecule has 0 radical (unpaired) electrons. The lowest BCUT2D eigenvalue weighted by molar-refractivity contribution is -0.132. The van der Waals surface area contributed by atoms with Crippen molar-refractivity contribution in [2.75, 3.05) is 0 Å². The second-order valence-corrected chi connectivity index (χ2v) is 5.32. The van der Waals surface area contributed by atoms with Crippen LogP contribution in [0.15, 0.2) is 41.5 Å². The van der Waals surface area contributed by atoms with Crippen molar-refractivity contribution in [1.29, 1.82) is 0 Å². The highest BCUT2D eigenvalue weighted by molar-refractivity contribution is 5.87. The molecule has 1 aromatic rings. The summed E-state index contributed by atoms with van der Waals surface area (Å²) < 4.78 is 0. The van der Waals surface area contributed by atoms with Gasteiger partial charge in [0.2, 0.25) is 0 Å². The van der Waals surface area contributed by atoms with Crippen molar-refractivity contribution in [2.45, 2.75) is 34.1 Å². The molecule has 0 aliphatic heterocycles. The molecular formula is C15H20O2. The predicted molar refractivity (Wildman–Crippen MR) is 69.9 cm³/mol. The summed E-state index contributed by atoms with van der Waals surface area (Å²) in [6, 6.07) is 9.98. The zero-order valence-corrected chi connectivity index (χ0v) is 10.9. The van der Waals surface area contributed by atoms with E-state index in [0.29, 0.717) is 12.0 Å². The van der Waals surface area contributed by atoms with E-state index in [1.807, 2.05) is 30.3 Å². The number of hydrogen-bond acceptors (Lipinski definition) is 1. The quantitative estimate of drug-likeness (QED) is 0.807. The van der Waals surface area contributed by atoms with Gasteiger partial charge >= 0.3 is 5.97 Å². The third kappa shape index (κ3) is 3.74. The Morgan fingerprint density at radius 3 is 2.12 bits per heavy atom. The Morgan fingerprint density at radius 2 is 1.71 bits per heavy atom. The maximum Gasteiger partial charge on any atom is 0.331 e. The molecule has 0 bridgehead atoms. The fourth-order valence-corrected chi connectivity index (χ4v) is 1.89. The number of benzene rings is 1. The van der Waals surface area contributed by atoms with Crippen LogP contribution in [0.3, 0.4) is 0 Å². The molecule has 0 spiro atoms. The summed E-state index contributed by atoms with van der Waals surface area (Å²) in [5.41, 5.74) is 2.47. The van der Waals surface area contributed by atoms with Crippen molar-refractivity contribution in [1.82, 2.24) is 0 Å². The van der Waals surface area contributed by atoms with E-state index in [4.69, 9.17) is 5.11 Å².